The van der Waals surface area contributed by atoms with Gasteiger partial charge >= 0.3 is 12.1 Å². The zero-order valence-electron chi connectivity index (χ0n) is 29.7. The van der Waals surface area contributed by atoms with Crippen LogP contribution in [0.5, 0.6) is 0 Å². The van der Waals surface area contributed by atoms with Gasteiger partial charge in [-0.2, -0.15) is 0 Å². The van der Waals surface area contributed by atoms with Crippen LogP contribution in [-0.4, -0.2) is 85.9 Å². The van der Waals surface area contributed by atoms with Crippen LogP contribution in [0.4, 0.5) is 16.2 Å². The number of amides is 2. The summed E-state index contributed by atoms with van der Waals surface area (Å²) in [6.45, 7) is 9.75. The van der Waals surface area contributed by atoms with E-state index in [2.05, 4.69) is 17.7 Å². The predicted octanol–water partition coefficient (Wildman–Crippen LogP) is 4.60. The lowest BCUT2D eigenvalue weighted by atomic mass is 10.0. The van der Waals surface area contributed by atoms with E-state index in [1.807, 2.05) is 99.4 Å². The second kappa shape index (κ2) is 18.9. The highest BCUT2D eigenvalue weighted by molar-refractivity contribution is 5.91. The molecular formula is C39H53IN4O5. The van der Waals surface area contributed by atoms with Crippen molar-refractivity contribution in [3.63, 3.8) is 0 Å². The normalized spacial score (nSPS) is 17.3. The van der Waals surface area contributed by atoms with Crippen LogP contribution in [-0.2, 0) is 14.3 Å². The van der Waals surface area contributed by atoms with Crippen LogP contribution in [0.2, 0.25) is 0 Å². The standard InChI is InChI=1S/C39H52N4O5.HI/c1-39(2,3)48-37(45)31-19-21-32(22-20-31)40-25-13-7-10-18-36(44)42(4)26-29-43(5)27-23-33(24-28-43)47-38(46)41-35-17-12-11-16-34(35)30-14-8-6-9-15-30;/h6,8-9,11-12,14-17,19-22,33H,7,10,13,18,23-29H2,1-5H3,(H-,40,41,45,46);1H. The number of quaternary nitrogens is 1. The molecule has 1 saturated heterocycles. The van der Waals surface area contributed by atoms with Gasteiger partial charge in [0.2, 0.25) is 5.91 Å². The fraction of sp³-hybridized carbons (Fsp3) is 0.462. The van der Waals surface area contributed by atoms with E-state index < -0.39 is 11.7 Å². The lowest BCUT2D eigenvalue weighted by molar-refractivity contribution is -0.914. The molecule has 0 bridgehead atoms. The molecule has 3 aromatic carbocycles. The summed E-state index contributed by atoms with van der Waals surface area (Å²) >= 11 is 0. The second-order valence-corrected chi connectivity index (χ2v) is 14.1. The van der Waals surface area contributed by atoms with Crippen molar-refractivity contribution in [2.75, 3.05) is 57.5 Å². The van der Waals surface area contributed by atoms with Gasteiger partial charge in [-0.05, 0) is 69.5 Å². The van der Waals surface area contributed by atoms with Gasteiger partial charge in [-0.1, -0.05) is 55.0 Å². The number of carbonyl (C=O) groups is 3. The van der Waals surface area contributed by atoms with E-state index in [4.69, 9.17) is 9.47 Å². The highest BCUT2D eigenvalue weighted by atomic mass is 127. The molecule has 49 heavy (non-hydrogen) atoms. The molecule has 1 fully saturated rings. The molecule has 0 atom stereocenters. The van der Waals surface area contributed by atoms with Gasteiger partial charge in [0.05, 0.1) is 44.5 Å². The Bertz CT molecular complexity index is 1490. The van der Waals surface area contributed by atoms with Gasteiger partial charge < -0.3 is 48.2 Å². The molecule has 0 saturated carbocycles. The predicted molar refractivity (Wildman–Crippen MR) is 192 cm³/mol. The van der Waals surface area contributed by atoms with Crippen LogP contribution in [0.3, 0.4) is 0 Å². The first kappa shape index (κ1) is 39.8. The quantitative estimate of drug-likeness (QED) is 0.108. The summed E-state index contributed by atoms with van der Waals surface area (Å²) in [6, 6.07) is 25.1. The Hall–Kier alpha value is -3.64. The van der Waals surface area contributed by atoms with E-state index >= 15 is 0 Å². The van der Waals surface area contributed by atoms with Crippen molar-refractivity contribution in [3.8, 4) is 11.1 Å². The number of unbranched alkanes of at least 4 members (excludes halogenated alkanes) is 2. The zero-order chi connectivity index (χ0) is 34.6. The molecule has 2 amide bonds. The van der Waals surface area contributed by atoms with Crippen LogP contribution in [0.25, 0.3) is 11.1 Å². The third-order valence-electron chi connectivity index (χ3n) is 8.82. The summed E-state index contributed by atoms with van der Waals surface area (Å²) in [7, 11) is 4.12. The van der Waals surface area contributed by atoms with Gasteiger partial charge in [-0.25, -0.2) is 9.59 Å². The van der Waals surface area contributed by atoms with Gasteiger partial charge in [0.15, 0.2) is 0 Å². The number of carbonyl (C=O) groups excluding carboxylic acids is 3. The van der Waals surface area contributed by atoms with E-state index in [1.54, 1.807) is 12.1 Å². The molecule has 0 aliphatic carbocycles. The Balaban J connectivity index is 0.00000650. The molecular weight excluding hydrogens is 731 g/mol. The summed E-state index contributed by atoms with van der Waals surface area (Å²) in [5.74, 6) is -0.143. The Kier molecular flexibility index (Phi) is 15.4. The van der Waals surface area contributed by atoms with Crippen LogP contribution < -0.4 is 34.6 Å². The van der Waals surface area contributed by atoms with Gasteiger partial charge in [0, 0.05) is 44.1 Å². The van der Waals surface area contributed by atoms with Gasteiger partial charge in [0.1, 0.15) is 11.7 Å². The van der Waals surface area contributed by atoms with E-state index in [0.29, 0.717) is 18.5 Å². The van der Waals surface area contributed by atoms with E-state index in [1.165, 1.54) is 0 Å². The number of nitrogens with zero attached hydrogens (tertiary/aromatic N) is 2. The Labute approximate surface area is 309 Å². The lowest BCUT2D eigenvalue weighted by Gasteiger charge is -2.41. The van der Waals surface area contributed by atoms with Crippen LogP contribution in [0, 0.1) is 0 Å². The number of esters is 1. The maximum Gasteiger partial charge on any atom is 0.411 e. The first-order valence-corrected chi connectivity index (χ1v) is 17.2. The van der Waals surface area contributed by atoms with Gasteiger partial charge in [-0.15, -0.1) is 0 Å². The molecule has 0 unspecified atom stereocenters. The number of halogens is 1. The summed E-state index contributed by atoms with van der Waals surface area (Å²) in [4.78, 5) is 39.6. The van der Waals surface area contributed by atoms with Gasteiger partial charge in [0.25, 0.3) is 0 Å². The Morgan fingerprint density at radius 2 is 1.53 bits per heavy atom. The molecule has 266 valence electrons. The fourth-order valence-corrected chi connectivity index (χ4v) is 5.84. The van der Waals surface area contributed by atoms with Crippen molar-refractivity contribution in [2.24, 2.45) is 0 Å². The molecule has 1 heterocycles. The van der Waals surface area contributed by atoms with Crippen molar-refractivity contribution >= 4 is 29.3 Å². The molecule has 1 aliphatic rings. The number of piperidine rings is 1. The number of benzene rings is 3. The second-order valence-electron chi connectivity index (χ2n) is 14.1. The summed E-state index contributed by atoms with van der Waals surface area (Å²) in [5, 5.41) is 6.33. The van der Waals surface area contributed by atoms with Gasteiger partial charge in [-0.3, -0.25) is 10.1 Å². The monoisotopic (exact) mass is 784 g/mol. The average Bonchev–Trinajstić information content (AvgIpc) is 3.06. The summed E-state index contributed by atoms with van der Waals surface area (Å²) < 4.78 is 12.1. The Morgan fingerprint density at radius 1 is 0.878 bits per heavy atom. The van der Waals surface area contributed by atoms with Crippen LogP contribution in [0.15, 0.2) is 78.9 Å². The third kappa shape index (κ3) is 13.3. The van der Waals surface area contributed by atoms with Crippen LogP contribution >= 0.6 is 0 Å². The van der Waals surface area contributed by atoms with E-state index in [-0.39, 0.29) is 42.0 Å². The molecule has 3 aromatic rings. The molecule has 10 heteroatoms. The average molecular weight is 785 g/mol. The lowest BCUT2D eigenvalue weighted by Crippen LogP contribution is -3.00. The fourth-order valence-electron chi connectivity index (χ4n) is 5.84. The van der Waals surface area contributed by atoms with Crippen molar-refractivity contribution in [1.29, 1.82) is 0 Å². The minimum atomic E-state index is -0.517. The first-order chi connectivity index (χ1) is 22.9. The summed E-state index contributed by atoms with van der Waals surface area (Å²) in [5.41, 5.74) is 3.71. The first-order valence-electron chi connectivity index (χ1n) is 17.2. The number of nitrogens with one attached hydrogen (secondary N) is 2. The molecule has 1 aliphatic heterocycles. The molecule has 0 aromatic heterocycles. The maximum absolute atomic E-state index is 12.8. The molecule has 2 N–H and O–H groups in total. The van der Waals surface area contributed by atoms with E-state index in [0.717, 1.165) is 85.3 Å². The maximum atomic E-state index is 12.8. The topological polar surface area (TPSA) is 97.0 Å². The third-order valence-corrected chi connectivity index (χ3v) is 8.82. The smallest absolute Gasteiger partial charge is 0.411 e. The molecule has 9 nitrogen and oxygen atoms in total. The summed E-state index contributed by atoms with van der Waals surface area (Å²) in [6.07, 6.45) is 4.37. The highest BCUT2D eigenvalue weighted by Gasteiger charge is 2.32. The number of rotatable bonds is 14. The number of ether oxygens (including phenoxy) is 2. The van der Waals surface area contributed by atoms with Crippen LogP contribution in [0.1, 0.15) is 69.7 Å². The van der Waals surface area contributed by atoms with Crippen molar-refractivity contribution in [1.82, 2.24) is 4.90 Å². The number of para-hydroxylation sites is 1. The van der Waals surface area contributed by atoms with E-state index in [9.17, 15) is 14.4 Å². The van der Waals surface area contributed by atoms with Crippen molar-refractivity contribution in [2.45, 2.75) is 71.0 Å². The SMILES string of the molecule is CN(CC[N+]1(C)CCC(OC(=O)Nc2ccccc2-c2ccccc2)CC1)C(=O)CCCCCNc1ccc(C(=O)OC(C)(C)C)cc1.[I-]. The minimum absolute atomic E-state index is 0. The number of hydrogen-bond donors (Lipinski definition) is 2. The number of likely N-dealkylation sites (N-methyl/N-ethyl adjacent to an activating group) is 2. The number of hydrogen-bond acceptors (Lipinski definition) is 6. The zero-order valence-corrected chi connectivity index (χ0v) is 31.8. The minimum Gasteiger partial charge on any atom is -1.00 e. The molecule has 0 radical (unpaired) electrons. The van der Waals surface area contributed by atoms with Crippen molar-refractivity contribution in [3.05, 3.63) is 84.4 Å². The number of anilines is 2. The van der Waals surface area contributed by atoms with Crippen molar-refractivity contribution < 1.29 is 52.3 Å². The molecule has 0 spiro atoms. The highest BCUT2D eigenvalue weighted by Crippen LogP contribution is 2.28. The number of likely N-dealkylation sites (tertiary alicyclic amines) is 1. The largest absolute Gasteiger partial charge is 1.00 e. The molecule has 4 rings (SSSR count). The Morgan fingerprint density at radius 3 is 2.20 bits per heavy atom.